The fourth-order valence-corrected chi connectivity index (χ4v) is 0.980. The van der Waals surface area contributed by atoms with Crippen LogP contribution in [-0.4, -0.2) is 28.8 Å². The summed E-state index contributed by atoms with van der Waals surface area (Å²) in [6.45, 7) is -0.286. The summed E-state index contributed by atoms with van der Waals surface area (Å²) in [6.07, 6.45) is -4.73. The van der Waals surface area contributed by atoms with Crippen LogP contribution in [0.2, 0.25) is 0 Å². The monoisotopic (exact) mass is 243 g/mol. The van der Waals surface area contributed by atoms with Gasteiger partial charge in [-0.25, -0.2) is 0 Å². The van der Waals surface area contributed by atoms with E-state index in [0.29, 0.717) is 18.2 Å². The zero-order chi connectivity index (χ0) is 11.3. The second-order valence-electron chi connectivity index (χ2n) is 2.73. The summed E-state index contributed by atoms with van der Waals surface area (Å²) in [7, 11) is 0. The van der Waals surface area contributed by atoms with Crippen LogP contribution >= 0.6 is 11.6 Å². The van der Waals surface area contributed by atoms with Gasteiger partial charge in [-0.1, -0.05) is 5.10 Å². The zero-order valence-corrected chi connectivity index (χ0v) is 8.40. The Morgan fingerprint density at radius 3 is 2.67 bits per heavy atom. The van der Waals surface area contributed by atoms with E-state index >= 15 is 0 Å². The number of alkyl halides is 4. The smallest absolute Gasteiger partial charge is 0.390 e. The molecular weight excluding hydrogens is 235 g/mol. The van der Waals surface area contributed by atoms with Crippen molar-refractivity contribution in [1.82, 2.24) is 10.2 Å². The van der Waals surface area contributed by atoms with Gasteiger partial charge in [-0.15, -0.1) is 16.7 Å². The van der Waals surface area contributed by atoms with Crippen LogP contribution in [0.15, 0.2) is 4.42 Å². The molecule has 1 aromatic rings. The van der Waals surface area contributed by atoms with Crippen molar-refractivity contribution in [3.63, 3.8) is 0 Å². The fraction of sp³-hybridized carbons (Fsp3) is 0.714. The van der Waals surface area contributed by atoms with Crippen molar-refractivity contribution < 1.29 is 17.6 Å². The highest BCUT2D eigenvalue weighted by Crippen LogP contribution is 2.19. The summed E-state index contributed by atoms with van der Waals surface area (Å²) in [5, 5.41) is 9.45. The molecule has 0 aliphatic heterocycles. The van der Waals surface area contributed by atoms with E-state index in [1.165, 1.54) is 0 Å². The molecule has 1 aromatic heterocycles. The second-order valence-corrected chi connectivity index (χ2v) is 3.11. The molecule has 0 aromatic carbocycles. The number of anilines is 1. The van der Waals surface area contributed by atoms with Crippen LogP contribution in [0.1, 0.15) is 12.3 Å². The molecule has 86 valence electrons. The molecule has 1 heterocycles. The van der Waals surface area contributed by atoms with E-state index < -0.39 is 12.6 Å². The van der Waals surface area contributed by atoms with E-state index in [-0.39, 0.29) is 12.6 Å². The Hall–Kier alpha value is -0.980. The van der Waals surface area contributed by atoms with Gasteiger partial charge in [0.15, 0.2) is 0 Å². The Morgan fingerprint density at radius 2 is 2.07 bits per heavy atom. The Kier molecular flexibility index (Phi) is 4.19. The van der Waals surface area contributed by atoms with E-state index in [1.54, 1.807) is 0 Å². The van der Waals surface area contributed by atoms with Gasteiger partial charge in [-0.3, -0.25) is 0 Å². The van der Waals surface area contributed by atoms with Crippen LogP contribution in [0, 0.1) is 0 Å². The first-order chi connectivity index (χ1) is 7.01. The Bertz CT molecular complexity index is 302. The highest BCUT2D eigenvalue weighted by molar-refractivity contribution is 6.17. The standard InChI is InChI=1S/C7H9ClF3N3O/c8-3-1-5-13-14-6(15-5)12-4-2-7(9,10)11/h1-4H2,(H,12,14). The maximum atomic E-state index is 11.8. The number of halogens is 4. The van der Waals surface area contributed by atoms with E-state index in [2.05, 4.69) is 15.5 Å². The molecule has 0 aliphatic rings. The third-order valence-corrected chi connectivity index (χ3v) is 1.65. The molecule has 0 spiro atoms. The number of nitrogens with zero attached hydrogens (tertiary/aromatic N) is 2. The van der Waals surface area contributed by atoms with Gasteiger partial charge in [0.1, 0.15) is 0 Å². The molecule has 0 fully saturated rings. The van der Waals surface area contributed by atoms with Crippen LogP contribution in [-0.2, 0) is 6.42 Å². The van der Waals surface area contributed by atoms with Crippen LogP contribution in [0.3, 0.4) is 0 Å². The van der Waals surface area contributed by atoms with Crippen molar-refractivity contribution in [2.75, 3.05) is 17.7 Å². The largest absolute Gasteiger partial charge is 0.408 e. The van der Waals surface area contributed by atoms with Gasteiger partial charge < -0.3 is 9.73 Å². The average molecular weight is 244 g/mol. The third-order valence-electron chi connectivity index (χ3n) is 1.46. The number of rotatable bonds is 5. The number of hydrogen-bond donors (Lipinski definition) is 1. The Morgan fingerprint density at radius 1 is 1.33 bits per heavy atom. The lowest BCUT2D eigenvalue weighted by Gasteiger charge is -2.04. The summed E-state index contributed by atoms with van der Waals surface area (Å²) in [5.41, 5.74) is 0. The summed E-state index contributed by atoms with van der Waals surface area (Å²) in [6, 6.07) is -0.0145. The number of aromatic nitrogens is 2. The molecule has 0 unspecified atom stereocenters. The van der Waals surface area contributed by atoms with Crippen molar-refractivity contribution in [3.8, 4) is 0 Å². The molecule has 0 bridgehead atoms. The Labute approximate surface area is 88.8 Å². The SMILES string of the molecule is FC(F)(F)CCNc1nnc(CCCl)o1. The van der Waals surface area contributed by atoms with Gasteiger partial charge in [0, 0.05) is 18.8 Å². The van der Waals surface area contributed by atoms with Gasteiger partial charge in [0.05, 0.1) is 6.42 Å². The summed E-state index contributed by atoms with van der Waals surface area (Å²) < 4.78 is 40.2. The molecule has 1 N–H and O–H groups in total. The first kappa shape index (κ1) is 12.1. The first-order valence-electron chi connectivity index (χ1n) is 4.20. The molecule has 0 radical (unpaired) electrons. The van der Waals surface area contributed by atoms with E-state index in [4.69, 9.17) is 16.0 Å². The molecule has 15 heavy (non-hydrogen) atoms. The third kappa shape index (κ3) is 4.87. The van der Waals surface area contributed by atoms with Crippen molar-refractivity contribution in [2.45, 2.75) is 19.0 Å². The zero-order valence-electron chi connectivity index (χ0n) is 7.64. The number of aryl methyl sites for hydroxylation is 1. The normalized spacial score (nSPS) is 11.7. The topological polar surface area (TPSA) is 51.0 Å². The van der Waals surface area contributed by atoms with Crippen molar-refractivity contribution in [3.05, 3.63) is 5.89 Å². The molecule has 8 heteroatoms. The van der Waals surface area contributed by atoms with E-state index in [1.807, 2.05) is 0 Å². The van der Waals surface area contributed by atoms with Crippen molar-refractivity contribution in [1.29, 1.82) is 0 Å². The summed E-state index contributed by atoms with van der Waals surface area (Å²) in [4.78, 5) is 0. The van der Waals surface area contributed by atoms with Crippen molar-refractivity contribution in [2.24, 2.45) is 0 Å². The average Bonchev–Trinajstić information content (AvgIpc) is 2.51. The minimum atomic E-state index is -4.19. The molecular formula is C7H9ClF3N3O. The molecule has 1 rings (SSSR count). The van der Waals surface area contributed by atoms with Crippen LogP contribution in [0.25, 0.3) is 0 Å². The number of nitrogens with one attached hydrogen (secondary N) is 1. The predicted octanol–water partition coefficient (Wildman–Crippen LogP) is 2.22. The molecule has 0 amide bonds. The lowest BCUT2D eigenvalue weighted by atomic mass is 10.4. The minimum Gasteiger partial charge on any atom is -0.408 e. The highest BCUT2D eigenvalue weighted by atomic mass is 35.5. The van der Waals surface area contributed by atoms with Crippen LogP contribution < -0.4 is 5.32 Å². The summed E-state index contributed by atoms with van der Waals surface area (Å²) >= 11 is 5.41. The van der Waals surface area contributed by atoms with Gasteiger partial charge in [0.2, 0.25) is 5.89 Å². The quantitative estimate of drug-likeness (QED) is 0.806. The van der Waals surface area contributed by atoms with Crippen molar-refractivity contribution >= 4 is 17.6 Å². The minimum absolute atomic E-state index is 0.0145. The van der Waals surface area contributed by atoms with Gasteiger partial charge in [-0.2, -0.15) is 13.2 Å². The lowest BCUT2D eigenvalue weighted by molar-refractivity contribution is -0.131. The molecule has 0 saturated carbocycles. The van der Waals surface area contributed by atoms with Crippen LogP contribution in [0.5, 0.6) is 0 Å². The first-order valence-corrected chi connectivity index (χ1v) is 4.73. The highest BCUT2D eigenvalue weighted by Gasteiger charge is 2.26. The molecule has 0 atom stereocenters. The van der Waals surface area contributed by atoms with E-state index in [9.17, 15) is 13.2 Å². The molecule has 0 aliphatic carbocycles. The van der Waals surface area contributed by atoms with Gasteiger partial charge in [0.25, 0.3) is 0 Å². The lowest BCUT2D eigenvalue weighted by Crippen LogP contribution is -2.14. The summed E-state index contributed by atoms with van der Waals surface area (Å²) in [5.74, 6) is 0.629. The van der Waals surface area contributed by atoms with Crippen LogP contribution in [0.4, 0.5) is 19.2 Å². The van der Waals surface area contributed by atoms with Gasteiger partial charge >= 0.3 is 12.2 Å². The second kappa shape index (κ2) is 5.20. The molecule has 4 nitrogen and oxygen atoms in total. The predicted molar refractivity (Wildman–Crippen MR) is 47.9 cm³/mol. The van der Waals surface area contributed by atoms with Gasteiger partial charge in [-0.05, 0) is 0 Å². The fourth-order valence-electron chi connectivity index (χ4n) is 0.818. The maximum Gasteiger partial charge on any atom is 0.390 e. The number of hydrogen-bond acceptors (Lipinski definition) is 4. The Balaban J connectivity index is 2.31. The molecule has 0 saturated heterocycles. The maximum absolute atomic E-state index is 11.8. The van der Waals surface area contributed by atoms with E-state index in [0.717, 1.165) is 0 Å².